The topological polar surface area (TPSA) is 146 Å². The molecule has 36 heavy (non-hydrogen) atoms. The van der Waals surface area contributed by atoms with E-state index in [9.17, 15) is 9.18 Å². The average Bonchev–Trinajstić information content (AvgIpc) is 3.20. The van der Waals surface area contributed by atoms with E-state index in [0.717, 1.165) is 6.42 Å². The van der Waals surface area contributed by atoms with Gasteiger partial charge in [0.05, 0.1) is 34.9 Å². The van der Waals surface area contributed by atoms with Crippen molar-refractivity contribution in [2.45, 2.75) is 18.4 Å². The minimum atomic E-state index is -0.690. The number of nitrogens with one attached hydrogen (secondary N) is 1. The first kappa shape index (κ1) is 20.9. The van der Waals surface area contributed by atoms with Crippen molar-refractivity contribution < 1.29 is 4.39 Å². The molecule has 2 aliphatic rings. The molecule has 7 rings (SSSR count). The zero-order chi connectivity index (χ0) is 24.6. The summed E-state index contributed by atoms with van der Waals surface area (Å²) in [4.78, 5) is 29.6. The first-order valence-corrected chi connectivity index (χ1v) is 11.5. The van der Waals surface area contributed by atoms with Crippen LogP contribution in [0.5, 0.6) is 0 Å². The number of pyridine rings is 1. The summed E-state index contributed by atoms with van der Waals surface area (Å²) in [6, 6.07) is 9.47. The first-order chi connectivity index (χ1) is 17.5. The number of imidazole rings is 1. The molecule has 0 amide bonds. The van der Waals surface area contributed by atoms with E-state index in [4.69, 9.17) is 22.3 Å². The molecule has 1 aromatic carbocycles. The molecule has 13 heteroatoms. The van der Waals surface area contributed by atoms with Crippen LogP contribution in [0.15, 0.2) is 53.7 Å². The second-order valence-electron chi connectivity index (χ2n) is 8.83. The van der Waals surface area contributed by atoms with E-state index in [-0.39, 0.29) is 34.8 Å². The molecule has 0 saturated heterocycles. The molecule has 1 fully saturated rings. The SMILES string of the molecule is Nc1ccc(-c2cnc(C3C4CC4c4nc(-c5cc(Cl)ccc5-n5cnnn5)cc(=O)n43)[nH]2)c(F)n1. The Morgan fingerprint density at radius 2 is 2.03 bits per heavy atom. The molecule has 3 unspecified atom stereocenters. The number of tetrazole rings is 1. The molecule has 5 heterocycles. The molecule has 1 aliphatic carbocycles. The van der Waals surface area contributed by atoms with Crippen LogP contribution in [0.3, 0.4) is 0 Å². The Morgan fingerprint density at radius 3 is 2.83 bits per heavy atom. The second kappa shape index (κ2) is 7.52. The van der Waals surface area contributed by atoms with Crippen molar-refractivity contribution in [3.8, 4) is 28.2 Å². The lowest BCUT2D eigenvalue weighted by Crippen LogP contribution is -2.27. The van der Waals surface area contributed by atoms with Crippen LogP contribution in [-0.4, -0.2) is 44.7 Å². The fourth-order valence-corrected chi connectivity index (χ4v) is 5.20. The van der Waals surface area contributed by atoms with E-state index >= 15 is 0 Å². The number of hydrogen-bond donors (Lipinski definition) is 2. The van der Waals surface area contributed by atoms with Crippen molar-refractivity contribution in [3.05, 3.63) is 81.9 Å². The number of anilines is 1. The molecule has 1 aliphatic heterocycles. The number of hydrogen-bond acceptors (Lipinski definition) is 8. The van der Waals surface area contributed by atoms with Crippen molar-refractivity contribution in [1.29, 1.82) is 0 Å². The molecule has 178 valence electrons. The summed E-state index contributed by atoms with van der Waals surface area (Å²) in [7, 11) is 0. The predicted octanol–water partition coefficient (Wildman–Crippen LogP) is 2.75. The van der Waals surface area contributed by atoms with Crippen molar-refractivity contribution in [3.63, 3.8) is 0 Å². The Bertz CT molecular complexity index is 1710. The highest BCUT2D eigenvalue weighted by molar-refractivity contribution is 6.31. The quantitative estimate of drug-likeness (QED) is 0.357. The third-order valence-electron chi connectivity index (χ3n) is 6.70. The number of benzene rings is 1. The van der Waals surface area contributed by atoms with E-state index in [1.165, 1.54) is 29.3 Å². The van der Waals surface area contributed by atoms with Crippen LogP contribution in [0.2, 0.25) is 5.02 Å². The van der Waals surface area contributed by atoms with E-state index in [0.29, 0.717) is 39.3 Å². The summed E-state index contributed by atoms with van der Waals surface area (Å²) in [5.74, 6) is 0.964. The van der Waals surface area contributed by atoms with Crippen LogP contribution < -0.4 is 11.3 Å². The number of H-pyrrole nitrogens is 1. The largest absolute Gasteiger partial charge is 0.384 e. The fraction of sp³-hybridized carbons (Fsp3) is 0.174. The van der Waals surface area contributed by atoms with Gasteiger partial charge in [-0.25, -0.2) is 15.0 Å². The zero-order valence-electron chi connectivity index (χ0n) is 18.4. The van der Waals surface area contributed by atoms with Crippen molar-refractivity contribution in [1.82, 2.24) is 44.7 Å². The summed E-state index contributed by atoms with van der Waals surface area (Å²) in [5, 5.41) is 11.9. The summed E-state index contributed by atoms with van der Waals surface area (Å²) in [6.45, 7) is 0. The Labute approximate surface area is 206 Å². The molecule has 3 atom stereocenters. The van der Waals surface area contributed by atoms with Crippen molar-refractivity contribution >= 4 is 17.4 Å². The van der Waals surface area contributed by atoms with E-state index in [2.05, 4.69) is 30.5 Å². The summed E-state index contributed by atoms with van der Waals surface area (Å²) < 4.78 is 17.5. The molecule has 3 N–H and O–H groups in total. The van der Waals surface area contributed by atoms with Crippen molar-refractivity contribution in [2.24, 2.45) is 5.92 Å². The summed E-state index contributed by atoms with van der Waals surface area (Å²) in [5.41, 5.74) is 7.84. The Balaban J connectivity index is 1.31. The smallest absolute Gasteiger partial charge is 0.254 e. The number of fused-ring (bicyclic) bond motifs is 3. The van der Waals surface area contributed by atoms with Crippen molar-refractivity contribution in [2.75, 3.05) is 5.73 Å². The van der Waals surface area contributed by atoms with Gasteiger partial charge in [-0.15, -0.1) is 5.10 Å². The van der Waals surface area contributed by atoms with E-state index in [1.54, 1.807) is 28.8 Å². The lowest BCUT2D eigenvalue weighted by atomic mass is 10.1. The Morgan fingerprint density at radius 1 is 1.14 bits per heavy atom. The van der Waals surface area contributed by atoms with Crippen LogP contribution in [0.1, 0.15) is 30.0 Å². The highest BCUT2D eigenvalue weighted by atomic mass is 35.5. The van der Waals surface area contributed by atoms with E-state index < -0.39 is 5.95 Å². The molecule has 4 aromatic heterocycles. The zero-order valence-corrected chi connectivity index (χ0v) is 19.1. The van der Waals surface area contributed by atoms with Gasteiger partial charge in [-0.1, -0.05) is 11.6 Å². The number of aromatic nitrogens is 9. The van der Waals surface area contributed by atoms with Gasteiger partial charge in [0.2, 0.25) is 5.95 Å². The van der Waals surface area contributed by atoms with Gasteiger partial charge in [-0.2, -0.15) is 9.07 Å². The maximum atomic E-state index is 14.4. The number of halogens is 2. The predicted molar refractivity (Wildman–Crippen MR) is 127 cm³/mol. The lowest BCUT2D eigenvalue weighted by molar-refractivity contribution is 0.509. The summed E-state index contributed by atoms with van der Waals surface area (Å²) in [6.07, 6.45) is 3.88. The third kappa shape index (κ3) is 3.14. The lowest BCUT2D eigenvalue weighted by Gasteiger charge is -2.17. The van der Waals surface area contributed by atoms with Crippen LogP contribution in [-0.2, 0) is 0 Å². The monoisotopic (exact) mass is 502 g/mol. The number of nitrogens with two attached hydrogens (primary N) is 1. The van der Waals surface area contributed by atoms with Crippen LogP contribution in [0.25, 0.3) is 28.2 Å². The average molecular weight is 503 g/mol. The minimum Gasteiger partial charge on any atom is -0.384 e. The Hall–Kier alpha value is -4.45. The van der Waals surface area contributed by atoms with Gasteiger partial charge in [0.1, 0.15) is 23.8 Å². The van der Waals surface area contributed by atoms with Gasteiger partial charge in [-0.3, -0.25) is 9.36 Å². The standard InChI is InChI=1S/C23H16ClFN10O/c24-10-1-3-17(34-9-28-32-33-34)14(5-10)15-7-19(36)35-20(12-6-13(12)23(35)30-15)22-27-8-16(29-22)11-2-4-18(26)31-21(11)25/h1-5,7-9,12-13,20H,6H2,(H2,26,31)(H,27,29). The minimum absolute atomic E-state index is 0.0953. The highest BCUT2D eigenvalue weighted by Crippen LogP contribution is 2.59. The van der Waals surface area contributed by atoms with Gasteiger partial charge in [0.15, 0.2) is 0 Å². The molecular formula is C23H16ClFN10O. The number of rotatable bonds is 4. The molecule has 5 aromatic rings. The highest BCUT2D eigenvalue weighted by Gasteiger charge is 2.55. The van der Waals surface area contributed by atoms with E-state index in [1.807, 2.05) is 0 Å². The number of nitrogens with zero attached hydrogens (tertiary/aromatic N) is 8. The molecular weight excluding hydrogens is 487 g/mol. The number of aromatic amines is 1. The Kier molecular flexibility index (Phi) is 4.36. The van der Waals surface area contributed by atoms with Gasteiger partial charge in [-0.05, 0) is 53.1 Å². The van der Waals surface area contributed by atoms with Gasteiger partial charge in [0.25, 0.3) is 5.56 Å². The third-order valence-corrected chi connectivity index (χ3v) is 6.94. The maximum absolute atomic E-state index is 14.4. The van der Waals surface area contributed by atoms with Gasteiger partial charge < -0.3 is 10.7 Å². The molecule has 0 bridgehead atoms. The van der Waals surface area contributed by atoms with Gasteiger partial charge >= 0.3 is 0 Å². The normalized spacial score (nSPS) is 19.8. The maximum Gasteiger partial charge on any atom is 0.254 e. The van der Waals surface area contributed by atoms with Gasteiger partial charge in [0, 0.05) is 22.6 Å². The van der Waals surface area contributed by atoms with Crippen LogP contribution in [0.4, 0.5) is 10.2 Å². The first-order valence-electron chi connectivity index (χ1n) is 11.1. The molecule has 0 spiro atoms. The van der Waals surface area contributed by atoms with Crippen LogP contribution >= 0.6 is 11.6 Å². The molecule has 1 saturated carbocycles. The fourth-order valence-electron chi connectivity index (χ4n) is 5.02. The molecule has 0 radical (unpaired) electrons. The molecule has 11 nitrogen and oxygen atoms in total. The second-order valence-corrected chi connectivity index (χ2v) is 9.27. The summed E-state index contributed by atoms with van der Waals surface area (Å²) >= 11 is 6.28. The number of nitrogen functional groups attached to an aromatic ring is 1. The van der Waals surface area contributed by atoms with Crippen LogP contribution in [0, 0.1) is 11.9 Å².